The molecule has 0 aliphatic carbocycles. The van der Waals surface area contributed by atoms with Crippen molar-refractivity contribution in [1.82, 2.24) is 4.90 Å². The Kier molecular flexibility index (Phi) is 5.64. The highest BCUT2D eigenvalue weighted by molar-refractivity contribution is 5.72. The Balaban J connectivity index is 3.04. The lowest BCUT2D eigenvalue weighted by molar-refractivity contribution is -0.142. The topological polar surface area (TPSA) is 68.2 Å². The van der Waals surface area contributed by atoms with Crippen molar-refractivity contribution in [2.75, 3.05) is 28.4 Å². The highest BCUT2D eigenvalue weighted by atomic mass is 16.5. The Hall–Kier alpha value is -1.95. The van der Waals surface area contributed by atoms with Crippen LogP contribution in [0.15, 0.2) is 12.1 Å². The number of likely N-dealkylation sites (N-methyl/N-ethyl adjacent to an activating group) is 1. The molecule has 0 aromatic heterocycles. The Morgan fingerprint density at radius 2 is 1.70 bits per heavy atom. The summed E-state index contributed by atoms with van der Waals surface area (Å²) in [6, 6.07) is 3.05. The van der Waals surface area contributed by atoms with Gasteiger partial charge >= 0.3 is 5.97 Å². The van der Waals surface area contributed by atoms with Gasteiger partial charge in [-0.3, -0.25) is 9.69 Å². The zero-order valence-corrected chi connectivity index (χ0v) is 12.5. The molecule has 0 aliphatic rings. The Morgan fingerprint density at radius 1 is 1.20 bits per heavy atom. The largest absolute Gasteiger partial charge is 0.493 e. The molecule has 1 unspecified atom stereocenters. The molecule has 0 bridgehead atoms. The number of methoxy groups -OCH3 is 3. The van der Waals surface area contributed by atoms with Gasteiger partial charge in [-0.1, -0.05) is 0 Å². The SMILES string of the molecule is COc1cc(CN(C)C(C)C(=O)O)cc(OC)c1OC. The van der Waals surface area contributed by atoms with Crippen molar-refractivity contribution in [2.45, 2.75) is 19.5 Å². The molecular formula is C14H21NO5. The van der Waals surface area contributed by atoms with Crippen LogP contribution in [0, 0.1) is 0 Å². The van der Waals surface area contributed by atoms with E-state index in [1.807, 2.05) is 12.1 Å². The molecule has 0 saturated heterocycles. The summed E-state index contributed by atoms with van der Waals surface area (Å²) in [6.07, 6.45) is 0. The van der Waals surface area contributed by atoms with Crippen LogP contribution in [0.5, 0.6) is 17.2 Å². The predicted octanol–water partition coefficient (Wildman–Crippen LogP) is 1.62. The first kappa shape index (κ1) is 16.1. The fourth-order valence-corrected chi connectivity index (χ4v) is 1.84. The summed E-state index contributed by atoms with van der Waals surface area (Å²) in [5, 5.41) is 9.00. The molecule has 1 rings (SSSR count). The van der Waals surface area contributed by atoms with E-state index >= 15 is 0 Å². The second-order valence-electron chi connectivity index (χ2n) is 4.46. The van der Waals surface area contributed by atoms with Gasteiger partial charge in [0.1, 0.15) is 6.04 Å². The molecular weight excluding hydrogens is 262 g/mol. The van der Waals surface area contributed by atoms with Gasteiger partial charge in [0.15, 0.2) is 11.5 Å². The maximum Gasteiger partial charge on any atom is 0.320 e. The summed E-state index contributed by atoms with van der Waals surface area (Å²) in [6.45, 7) is 2.10. The molecule has 0 heterocycles. The fraction of sp³-hybridized carbons (Fsp3) is 0.500. The quantitative estimate of drug-likeness (QED) is 0.820. The number of carbonyl (C=O) groups is 1. The minimum atomic E-state index is -0.861. The van der Waals surface area contributed by atoms with Crippen LogP contribution in [-0.4, -0.2) is 50.4 Å². The highest BCUT2D eigenvalue weighted by Crippen LogP contribution is 2.38. The maximum atomic E-state index is 11.0. The van der Waals surface area contributed by atoms with Crippen LogP contribution in [-0.2, 0) is 11.3 Å². The molecule has 0 aliphatic heterocycles. The van der Waals surface area contributed by atoms with Gasteiger partial charge in [0, 0.05) is 6.54 Å². The van der Waals surface area contributed by atoms with Gasteiger partial charge < -0.3 is 19.3 Å². The average Bonchev–Trinajstić information content (AvgIpc) is 2.44. The molecule has 0 radical (unpaired) electrons. The normalized spacial score (nSPS) is 12.1. The molecule has 0 saturated carbocycles. The molecule has 1 N–H and O–H groups in total. The van der Waals surface area contributed by atoms with Crippen LogP contribution in [0.1, 0.15) is 12.5 Å². The third kappa shape index (κ3) is 3.54. The van der Waals surface area contributed by atoms with Gasteiger partial charge in [-0.25, -0.2) is 0 Å². The van der Waals surface area contributed by atoms with Crippen molar-refractivity contribution < 1.29 is 24.1 Å². The van der Waals surface area contributed by atoms with Crippen molar-refractivity contribution in [3.63, 3.8) is 0 Å². The predicted molar refractivity (Wildman–Crippen MR) is 74.7 cm³/mol. The Labute approximate surface area is 118 Å². The van der Waals surface area contributed by atoms with E-state index in [0.29, 0.717) is 23.8 Å². The molecule has 1 aromatic rings. The second-order valence-corrected chi connectivity index (χ2v) is 4.46. The third-order valence-electron chi connectivity index (χ3n) is 3.18. The van der Waals surface area contributed by atoms with E-state index in [-0.39, 0.29) is 0 Å². The number of hydrogen-bond acceptors (Lipinski definition) is 5. The number of hydrogen-bond donors (Lipinski definition) is 1. The van der Waals surface area contributed by atoms with Crippen molar-refractivity contribution in [3.05, 3.63) is 17.7 Å². The molecule has 20 heavy (non-hydrogen) atoms. The summed E-state index contributed by atoms with van der Waals surface area (Å²) in [7, 11) is 6.38. The van der Waals surface area contributed by atoms with Crippen molar-refractivity contribution in [2.24, 2.45) is 0 Å². The summed E-state index contributed by atoms with van der Waals surface area (Å²) in [5.74, 6) is 0.768. The lowest BCUT2D eigenvalue weighted by atomic mass is 10.1. The third-order valence-corrected chi connectivity index (χ3v) is 3.18. The number of nitrogens with zero attached hydrogens (tertiary/aromatic N) is 1. The maximum absolute atomic E-state index is 11.0. The minimum Gasteiger partial charge on any atom is -0.493 e. The number of carboxylic acids is 1. The number of ether oxygens (including phenoxy) is 3. The van der Waals surface area contributed by atoms with Crippen molar-refractivity contribution >= 4 is 5.97 Å². The average molecular weight is 283 g/mol. The van der Waals surface area contributed by atoms with Crippen LogP contribution in [0.3, 0.4) is 0 Å². The number of rotatable bonds is 7. The second kappa shape index (κ2) is 7.00. The van der Waals surface area contributed by atoms with E-state index in [9.17, 15) is 4.79 Å². The summed E-state index contributed by atoms with van der Waals surface area (Å²) in [5.41, 5.74) is 0.884. The minimum absolute atomic E-state index is 0.462. The van der Waals surface area contributed by atoms with Crippen LogP contribution in [0.4, 0.5) is 0 Å². The molecule has 0 spiro atoms. The molecule has 1 atom stereocenters. The van der Waals surface area contributed by atoms with E-state index in [4.69, 9.17) is 19.3 Å². The Morgan fingerprint density at radius 3 is 2.05 bits per heavy atom. The van der Waals surface area contributed by atoms with E-state index < -0.39 is 12.0 Å². The van der Waals surface area contributed by atoms with Crippen LogP contribution < -0.4 is 14.2 Å². The monoisotopic (exact) mass is 283 g/mol. The highest BCUT2D eigenvalue weighted by Gasteiger charge is 2.19. The van der Waals surface area contributed by atoms with Gasteiger partial charge in [-0.2, -0.15) is 0 Å². The first-order chi connectivity index (χ1) is 9.44. The molecule has 6 nitrogen and oxygen atoms in total. The van der Waals surface area contributed by atoms with E-state index in [1.165, 1.54) is 0 Å². The number of aliphatic carboxylic acids is 1. The van der Waals surface area contributed by atoms with Gasteiger partial charge in [-0.15, -0.1) is 0 Å². The number of benzene rings is 1. The summed E-state index contributed by atoms with van der Waals surface area (Å²) in [4.78, 5) is 12.7. The van der Waals surface area contributed by atoms with E-state index in [1.54, 1.807) is 40.2 Å². The fourth-order valence-electron chi connectivity index (χ4n) is 1.84. The number of carboxylic acid groups (broad SMARTS) is 1. The van der Waals surface area contributed by atoms with Crippen molar-refractivity contribution in [3.8, 4) is 17.2 Å². The summed E-state index contributed by atoms with van der Waals surface area (Å²) >= 11 is 0. The molecule has 0 amide bonds. The smallest absolute Gasteiger partial charge is 0.320 e. The van der Waals surface area contributed by atoms with Crippen LogP contribution in [0.25, 0.3) is 0 Å². The van der Waals surface area contributed by atoms with Crippen molar-refractivity contribution in [1.29, 1.82) is 0 Å². The van der Waals surface area contributed by atoms with E-state index in [2.05, 4.69) is 0 Å². The van der Waals surface area contributed by atoms with Gasteiger partial charge in [0.2, 0.25) is 5.75 Å². The zero-order chi connectivity index (χ0) is 15.3. The molecule has 112 valence electrons. The first-order valence-corrected chi connectivity index (χ1v) is 6.16. The molecule has 6 heteroatoms. The van der Waals surface area contributed by atoms with Gasteiger partial charge in [-0.05, 0) is 31.7 Å². The summed E-state index contributed by atoms with van der Waals surface area (Å²) < 4.78 is 15.8. The van der Waals surface area contributed by atoms with Crippen LogP contribution >= 0.6 is 0 Å². The van der Waals surface area contributed by atoms with Gasteiger partial charge in [0.05, 0.1) is 21.3 Å². The van der Waals surface area contributed by atoms with Gasteiger partial charge in [0.25, 0.3) is 0 Å². The first-order valence-electron chi connectivity index (χ1n) is 6.16. The lowest BCUT2D eigenvalue weighted by Gasteiger charge is -2.22. The van der Waals surface area contributed by atoms with E-state index in [0.717, 1.165) is 5.56 Å². The standard InChI is InChI=1S/C14H21NO5/c1-9(14(16)17)15(2)8-10-6-11(18-3)13(20-5)12(7-10)19-4/h6-7,9H,8H2,1-5H3,(H,16,17). The molecule has 1 aromatic carbocycles. The van der Waals surface area contributed by atoms with Crippen LogP contribution in [0.2, 0.25) is 0 Å². The Bertz CT molecular complexity index is 450. The zero-order valence-electron chi connectivity index (χ0n) is 12.5. The molecule has 0 fully saturated rings. The lowest BCUT2D eigenvalue weighted by Crippen LogP contribution is -2.35.